The van der Waals surface area contributed by atoms with Crippen LogP contribution in [0.4, 0.5) is 23.3 Å². The van der Waals surface area contributed by atoms with E-state index >= 15 is 0 Å². The van der Waals surface area contributed by atoms with Crippen molar-refractivity contribution in [1.82, 2.24) is 24.5 Å². The molecule has 2 N–H and O–H groups in total. The van der Waals surface area contributed by atoms with E-state index in [0.29, 0.717) is 22.4 Å². The molecule has 34 heavy (non-hydrogen) atoms. The number of hydrogen-bond donors (Lipinski definition) is 2. The van der Waals surface area contributed by atoms with Gasteiger partial charge in [-0.15, -0.1) is 0 Å². The maximum atomic E-state index is 8.95. The van der Waals surface area contributed by atoms with Crippen molar-refractivity contribution >= 4 is 45.9 Å². The normalized spacial score (nSPS) is 14.2. The molecule has 0 aliphatic carbocycles. The first kappa shape index (κ1) is 21.9. The first-order chi connectivity index (χ1) is 16.5. The molecule has 1 fully saturated rings. The first-order valence-electron chi connectivity index (χ1n) is 11.1. The third kappa shape index (κ3) is 4.45. The van der Waals surface area contributed by atoms with E-state index in [2.05, 4.69) is 46.1 Å². The second kappa shape index (κ2) is 9.15. The highest BCUT2D eigenvalue weighted by Crippen LogP contribution is 2.26. The molecule has 4 aromatic rings. The molecule has 3 aromatic heterocycles. The van der Waals surface area contributed by atoms with Crippen molar-refractivity contribution in [2.45, 2.75) is 25.8 Å². The summed E-state index contributed by atoms with van der Waals surface area (Å²) in [7, 11) is 2.00. The molecule has 10 heteroatoms. The standard InChI is InChI=1S/C24H24ClN9/c1-15-29-20-11-18(4-5-21(20)33(15)2)31-24-28-14-19(25)23(32-24)30-17-7-9-34(10-8-17)22-6-3-16(12-26)13-27-22/h3-6,11,13-14,17H,7-10H2,1-2H3,(H2,28,30,31,32). The molecule has 1 aromatic carbocycles. The van der Waals surface area contributed by atoms with E-state index in [-0.39, 0.29) is 6.04 Å². The van der Waals surface area contributed by atoms with Crippen LogP contribution in [0.25, 0.3) is 11.0 Å². The average Bonchev–Trinajstić information content (AvgIpc) is 3.14. The number of rotatable bonds is 5. The third-order valence-corrected chi connectivity index (χ3v) is 6.42. The monoisotopic (exact) mass is 473 g/mol. The Bertz CT molecular complexity index is 1370. The highest BCUT2D eigenvalue weighted by Gasteiger charge is 2.21. The van der Waals surface area contributed by atoms with E-state index in [1.165, 1.54) is 0 Å². The highest BCUT2D eigenvalue weighted by molar-refractivity contribution is 6.32. The number of anilines is 4. The van der Waals surface area contributed by atoms with Crippen LogP contribution < -0.4 is 15.5 Å². The van der Waals surface area contributed by atoms with Crippen LogP contribution in [-0.2, 0) is 7.05 Å². The Kier molecular flexibility index (Phi) is 5.90. The van der Waals surface area contributed by atoms with Crippen LogP contribution in [-0.4, -0.2) is 43.6 Å². The lowest BCUT2D eigenvalue weighted by molar-refractivity contribution is 0.522. The predicted molar refractivity (Wildman–Crippen MR) is 134 cm³/mol. The summed E-state index contributed by atoms with van der Waals surface area (Å²) in [6.07, 6.45) is 5.06. The molecule has 0 spiro atoms. The summed E-state index contributed by atoms with van der Waals surface area (Å²) in [6, 6.07) is 12.0. The molecule has 1 saturated heterocycles. The van der Waals surface area contributed by atoms with Crippen LogP contribution in [0.2, 0.25) is 5.02 Å². The zero-order valence-electron chi connectivity index (χ0n) is 19.0. The second-order valence-electron chi connectivity index (χ2n) is 8.36. The van der Waals surface area contributed by atoms with Crippen molar-refractivity contribution < 1.29 is 0 Å². The van der Waals surface area contributed by atoms with Crippen LogP contribution in [0, 0.1) is 18.3 Å². The van der Waals surface area contributed by atoms with Crippen LogP contribution in [0.1, 0.15) is 24.2 Å². The van der Waals surface area contributed by atoms with E-state index in [0.717, 1.165) is 54.3 Å². The molecule has 0 atom stereocenters. The Labute approximate surface area is 202 Å². The maximum Gasteiger partial charge on any atom is 0.229 e. The fourth-order valence-electron chi connectivity index (χ4n) is 4.14. The molecule has 0 amide bonds. The van der Waals surface area contributed by atoms with Crippen molar-refractivity contribution in [3.63, 3.8) is 0 Å². The van der Waals surface area contributed by atoms with Crippen molar-refractivity contribution in [2.24, 2.45) is 7.05 Å². The molecule has 4 heterocycles. The molecule has 0 bridgehead atoms. The number of aryl methyl sites for hydroxylation is 2. The van der Waals surface area contributed by atoms with Gasteiger partial charge < -0.3 is 20.1 Å². The first-order valence-corrected chi connectivity index (χ1v) is 11.5. The number of halogens is 1. The minimum Gasteiger partial charge on any atom is -0.366 e. The quantitative estimate of drug-likeness (QED) is 0.438. The molecule has 0 saturated carbocycles. The third-order valence-electron chi connectivity index (χ3n) is 6.14. The summed E-state index contributed by atoms with van der Waals surface area (Å²) in [5, 5.41) is 16.2. The number of imidazole rings is 1. The fraction of sp³-hybridized carbons (Fsp3) is 0.292. The zero-order valence-corrected chi connectivity index (χ0v) is 19.7. The summed E-state index contributed by atoms with van der Waals surface area (Å²) in [4.78, 5) is 20.2. The SMILES string of the molecule is Cc1nc2cc(Nc3ncc(Cl)c(NC4CCN(c5ccc(C#N)cn5)CC4)n3)ccc2n1C. The van der Waals surface area contributed by atoms with Gasteiger partial charge >= 0.3 is 0 Å². The van der Waals surface area contributed by atoms with Gasteiger partial charge in [-0.05, 0) is 50.1 Å². The number of nitrogens with one attached hydrogen (secondary N) is 2. The Hall–Kier alpha value is -3.90. The Morgan fingerprint density at radius 2 is 1.91 bits per heavy atom. The van der Waals surface area contributed by atoms with Gasteiger partial charge in [0.1, 0.15) is 22.7 Å². The average molecular weight is 474 g/mol. The Morgan fingerprint density at radius 1 is 1.09 bits per heavy atom. The molecule has 1 aliphatic heterocycles. The molecule has 0 radical (unpaired) electrons. The van der Waals surface area contributed by atoms with Crippen LogP contribution in [0.5, 0.6) is 0 Å². The molecule has 1 aliphatic rings. The highest BCUT2D eigenvalue weighted by atomic mass is 35.5. The number of fused-ring (bicyclic) bond motifs is 1. The Balaban J connectivity index is 1.24. The summed E-state index contributed by atoms with van der Waals surface area (Å²) < 4.78 is 2.06. The fourth-order valence-corrected chi connectivity index (χ4v) is 4.29. The van der Waals surface area contributed by atoms with Gasteiger partial charge in [-0.25, -0.2) is 15.0 Å². The lowest BCUT2D eigenvalue weighted by Gasteiger charge is -2.33. The molecule has 0 unspecified atom stereocenters. The number of pyridine rings is 1. The van der Waals surface area contributed by atoms with Gasteiger partial charge in [0.05, 0.1) is 22.8 Å². The number of piperidine rings is 1. The van der Waals surface area contributed by atoms with Gasteiger partial charge in [0.25, 0.3) is 0 Å². The molecule has 5 rings (SSSR count). The number of nitrogens with zero attached hydrogens (tertiary/aromatic N) is 7. The Morgan fingerprint density at radius 3 is 2.65 bits per heavy atom. The van der Waals surface area contributed by atoms with Gasteiger partial charge in [0, 0.05) is 38.1 Å². The van der Waals surface area contributed by atoms with Crippen molar-refractivity contribution in [1.29, 1.82) is 5.26 Å². The van der Waals surface area contributed by atoms with Gasteiger partial charge in [-0.1, -0.05) is 11.6 Å². The zero-order chi connectivity index (χ0) is 23.7. The maximum absolute atomic E-state index is 8.95. The van der Waals surface area contributed by atoms with Gasteiger partial charge in [-0.2, -0.15) is 10.2 Å². The minimum atomic E-state index is 0.239. The summed E-state index contributed by atoms with van der Waals surface area (Å²) in [6.45, 7) is 3.69. The van der Waals surface area contributed by atoms with Crippen LogP contribution >= 0.6 is 11.6 Å². The van der Waals surface area contributed by atoms with Crippen molar-refractivity contribution in [3.05, 3.63) is 59.1 Å². The molecular weight excluding hydrogens is 450 g/mol. The van der Waals surface area contributed by atoms with Gasteiger partial charge in [0.2, 0.25) is 5.95 Å². The van der Waals surface area contributed by atoms with Gasteiger partial charge in [-0.3, -0.25) is 0 Å². The lowest BCUT2D eigenvalue weighted by atomic mass is 10.0. The lowest BCUT2D eigenvalue weighted by Crippen LogP contribution is -2.39. The summed E-state index contributed by atoms with van der Waals surface area (Å²) in [5.74, 6) is 2.94. The van der Waals surface area contributed by atoms with Crippen molar-refractivity contribution in [3.8, 4) is 6.07 Å². The van der Waals surface area contributed by atoms with E-state index in [1.54, 1.807) is 18.5 Å². The number of benzene rings is 1. The predicted octanol–water partition coefficient (Wildman–Crippen LogP) is 4.42. The minimum absolute atomic E-state index is 0.239. The van der Waals surface area contributed by atoms with E-state index in [1.807, 2.05) is 38.2 Å². The second-order valence-corrected chi connectivity index (χ2v) is 8.77. The smallest absolute Gasteiger partial charge is 0.229 e. The van der Waals surface area contributed by atoms with E-state index in [9.17, 15) is 0 Å². The number of aromatic nitrogens is 5. The molecule has 172 valence electrons. The molecule has 9 nitrogen and oxygen atoms in total. The summed E-state index contributed by atoms with van der Waals surface area (Å²) in [5.41, 5.74) is 3.42. The van der Waals surface area contributed by atoms with E-state index < -0.39 is 0 Å². The number of nitriles is 1. The largest absolute Gasteiger partial charge is 0.366 e. The van der Waals surface area contributed by atoms with Gasteiger partial charge in [0.15, 0.2) is 5.82 Å². The van der Waals surface area contributed by atoms with Crippen molar-refractivity contribution in [2.75, 3.05) is 28.6 Å². The van der Waals surface area contributed by atoms with E-state index in [4.69, 9.17) is 16.9 Å². The van der Waals surface area contributed by atoms with Crippen LogP contribution in [0.15, 0.2) is 42.7 Å². The number of hydrogen-bond acceptors (Lipinski definition) is 8. The molecular formula is C24H24ClN9. The summed E-state index contributed by atoms with van der Waals surface area (Å²) >= 11 is 6.40. The van der Waals surface area contributed by atoms with Crippen LogP contribution in [0.3, 0.4) is 0 Å². The topological polar surface area (TPSA) is 108 Å².